The summed E-state index contributed by atoms with van der Waals surface area (Å²) in [6, 6.07) is 5.27. The lowest BCUT2D eigenvalue weighted by Gasteiger charge is -2.39. The second-order valence-corrected chi connectivity index (χ2v) is 13.2. The highest BCUT2D eigenvalue weighted by atomic mass is 19.4. The fraction of sp³-hybridized carbons (Fsp3) is 0.606. The summed E-state index contributed by atoms with van der Waals surface area (Å²) in [6.45, 7) is 11.7. The third kappa shape index (κ3) is 9.86. The van der Waals surface area contributed by atoms with E-state index in [0.717, 1.165) is 11.9 Å². The SMILES string of the molecule is COc1cc(N2CCN(C(C)=O)CC2)ccc1Nc1ncc(C(F)(F)F)c(N2C[C@H](CC(=O)NC(C)C)C[C@H](CC(=O)NC(C)C)C2)n1. The predicted molar refractivity (Wildman–Crippen MR) is 177 cm³/mol. The van der Waals surface area contributed by atoms with Crippen molar-refractivity contribution in [3.8, 4) is 5.75 Å². The summed E-state index contributed by atoms with van der Waals surface area (Å²) in [4.78, 5) is 50.9. The van der Waals surface area contributed by atoms with Gasteiger partial charge in [0.25, 0.3) is 0 Å². The number of halogens is 3. The third-order valence-electron chi connectivity index (χ3n) is 8.37. The number of piperazine rings is 1. The van der Waals surface area contributed by atoms with Crippen LogP contribution in [0.3, 0.4) is 0 Å². The molecule has 0 radical (unpaired) electrons. The number of amides is 3. The van der Waals surface area contributed by atoms with E-state index < -0.39 is 11.7 Å². The van der Waals surface area contributed by atoms with Gasteiger partial charge in [-0.2, -0.15) is 18.2 Å². The summed E-state index contributed by atoms with van der Waals surface area (Å²) in [5, 5.41) is 8.74. The monoisotopic (exact) mass is 676 g/mol. The first-order valence-corrected chi connectivity index (χ1v) is 16.4. The molecule has 3 N–H and O–H groups in total. The van der Waals surface area contributed by atoms with E-state index in [1.54, 1.807) is 17.9 Å². The Morgan fingerprint density at radius 3 is 2.02 bits per heavy atom. The van der Waals surface area contributed by atoms with E-state index in [1.165, 1.54) is 12.0 Å². The maximum atomic E-state index is 14.4. The molecule has 0 spiro atoms. The number of benzene rings is 1. The van der Waals surface area contributed by atoms with Gasteiger partial charge in [-0.25, -0.2) is 4.98 Å². The maximum Gasteiger partial charge on any atom is 0.421 e. The van der Waals surface area contributed by atoms with Crippen molar-refractivity contribution < 1.29 is 32.3 Å². The maximum absolute atomic E-state index is 14.4. The molecule has 2 aliphatic heterocycles. The average molecular weight is 677 g/mol. The Hall–Kier alpha value is -4.30. The van der Waals surface area contributed by atoms with E-state index in [2.05, 4.69) is 30.8 Å². The van der Waals surface area contributed by atoms with Crippen molar-refractivity contribution in [3.05, 3.63) is 30.0 Å². The molecule has 3 heterocycles. The Balaban J connectivity index is 1.61. The van der Waals surface area contributed by atoms with Crippen LogP contribution in [0.25, 0.3) is 0 Å². The average Bonchev–Trinajstić information content (AvgIpc) is 2.99. The van der Waals surface area contributed by atoms with Gasteiger partial charge in [0.1, 0.15) is 17.1 Å². The van der Waals surface area contributed by atoms with Gasteiger partial charge >= 0.3 is 6.18 Å². The summed E-state index contributed by atoms with van der Waals surface area (Å²) in [5.74, 6) is -0.892. The Morgan fingerprint density at radius 2 is 1.52 bits per heavy atom. The molecule has 4 rings (SSSR count). The summed E-state index contributed by atoms with van der Waals surface area (Å²) in [5.41, 5.74) is 0.334. The second-order valence-electron chi connectivity index (χ2n) is 13.2. The van der Waals surface area contributed by atoms with Gasteiger partial charge in [-0.05, 0) is 58.1 Å². The summed E-state index contributed by atoms with van der Waals surface area (Å²) in [7, 11) is 1.50. The number of alkyl halides is 3. The first kappa shape index (κ1) is 36.5. The highest BCUT2D eigenvalue weighted by Gasteiger charge is 2.40. The van der Waals surface area contributed by atoms with E-state index in [0.29, 0.717) is 44.0 Å². The number of carbonyl (C=O) groups excluding carboxylic acids is 3. The van der Waals surface area contributed by atoms with Crippen LogP contribution in [-0.2, 0) is 20.6 Å². The van der Waals surface area contributed by atoms with Crippen LogP contribution in [0.15, 0.2) is 24.4 Å². The number of methoxy groups -OCH3 is 1. The number of ether oxygens (including phenoxy) is 1. The minimum atomic E-state index is -4.74. The van der Waals surface area contributed by atoms with Crippen LogP contribution >= 0.6 is 0 Å². The lowest BCUT2D eigenvalue weighted by Crippen LogP contribution is -2.48. The smallest absolute Gasteiger partial charge is 0.421 e. The first-order valence-electron chi connectivity index (χ1n) is 16.4. The Labute approximate surface area is 279 Å². The molecule has 0 aliphatic carbocycles. The molecule has 2 aromatic rings. The number of anilines is 4. The number of rotatable bonds is 11. The van der Waals surface area contributed by atoms with Gasteiger partial charge < -0.3 is 35.4 Å². The molecule has 12 nitrogen and oxygen atoms in total. The summed E-state index contributed by atoms with van der Waals surface area (Å²) >= 11 is 0. The van der Waals surface area contributed by atoms with Gasteiger partial charge in [0.15, 0.2) is 0 Å². The highest BCUT2D eigenvalue weighted by Crippen LogP contribution is 2.39. The van der Waals surface area contributed by atoms with Gasteiger partial charge in [0.2, 0.25) is 23.7 Å². The van der Waals surface area contributed by atoms with Crippen LogP contribution in [0.5, 0.6) is 5.75 Å². The fourth-order valence-electron chi connectivity index (χ4n) is 6.33. The van der Waals surface area contributed by atoms with Crippen molar-refractivity contribution in [2.24, 2.45) is 11.8 Å². The van der Waals surface area contributed by atoms with Crippen molar-refractivity contribution in [2.45, 2.75) is 72.1 Å². The lowest BCUT2D eigenvalue weighted by atomic mass is 9.84. The third-order valence-corrected chi connectivity index (χ3v) is 8.37. The molecular formula is C33H47F3N8O4. The van der Waals surface area contributed by atoms with Crippen LogP contribution in [0, 0.1) is 11.8 Å². The van der Waals surface area contributed by atoms with Crippen LogP contribution in [0.1, 0.15) is 59.4 Å². The quantitative estimate of drug-likeness (QED) is 0.321. The molecule has 264 valence electrons. The van der Waals surface area contributed by atoms with Gasteiger partial charge in [0, 0.05) is 89.1 Å². The van der Waals surface area contributed by atoms with Gasteiger partial charge in [-0.3, -0.25) is 14.4 Å². The van der Waals surface area contributed by atoms with Crippen LogP contribution in [-0.4, -0.2) is 91.1 Å². The van der Waals surface area contributed by atoms with E-state index in [1.807, 2.05) is 39.8 Å². The molecule has 0 unspecified atom stereocenters. The largest absolute Gasteiger partial charge is 0.494 e. The fourth-order valence-corrected chi connectivity index (χ4v) is 6.33. The molecule has 15 heteroatoms. The van der Waals surface area contributed by atoms with E-state index >= 15 is 0 Å². The highest BCUT2D eigenvalue weighted by molar-refractivity contribution is 5.77. The van der Waals surface area contributed by atoms with Crippen LogP contribution in [0.4, 0.5) is 36.3 Å². The second kappa shape index (κ2) is 15.7. The minimum Gasteiger partial charge on any atom is -0.494 e. The molecule has 2 saturated heterocycles. The Kier molecular flexibility index (Phi) is 12.0. The van der Waals surface area contributed by atoms with E-state index in [-0.39, 0.29) is 79.3 Å². The van der Waals surface area contributed by atoms with E-state index in [9.17, 15) is 27.6 Å². The molecule has 2 aliphatic rings. The van der Waals surface area contributed by atoms with Crippen molar-refractivity contribution in [1.82, 2.24) is 25.5 Å². The van der Waals surface area contributed by atoms with Crippen molar-refractivity contribution in [2.75, 3.05) is 61.5 Å². The molecular weight excluding hydrogens is 629 g/mol. The number of carbonyl (C=O) groups is 3. The molecule has 48 heavy (non-hydrogen) atoms. The number of hydrogen-bond donors (Lipinski definition) is 3. The number of aromatic nitrogens is 2. The molecule has 0 saturated carbocycles. The molecule has 0 bridgehead atoms. The Morgan fingerprint density at radius 1 is 0.938 bits per heavy atom. The zero-order valence-corrected chi connectivity index (χ0v) is 28.5. The lowest BCUT2D eigenvalue weighted by molar-refractivity contribution is -0.137. The van der Waals surface area contributed by atoms with Gasteiger partial charge in [-0.15, -0.1) is 0 Å². The summed E-state index contributed by atoms with van der Waals surface area (Å²) < 4.78 is 48.7. The normalized spacial score (nSPS) is 18.6. The Bertz CT molecular complexity index is 1410. The zero-order valence-electron chi connectivity index (χ0n) is 28.5. The standard InChI is InChI=1S/C33H47F3N8O4/c1-20(2)38-29(46)14-23-13-24(15-30(47)39-21(3)4)19-44(18-23)31-26(33(34,35)36)17-37-32(41-31)40-27-8-7-25(16-28(27)48-6)43-11-9-42(10-12-43)22(5)45/h7-8,16-17,20-21,23-24H,9-15,18-19H2,1-6H3,(H,38,46)(H,39,47)(H,37,40,41)/t23-,24+. The molecule has 1 aromatic carbocycles. The minimum absolute atomic E-state index is 0.0338. The van der Waals surface area contributed by atoms with Crippen molar-refractivity contribution in [3.63, 3.8) is 0 Å². The van der Waals surface area contributed by atoms with Crippen molar-refractivity contribution >= 4 is 40.9 Å². The van der Waals surface area contributed by atoms with Crippen molar-refractivity contribution in [1.29, 1.82) is 0 Å². The molecule has 2 fully saturated rings. The van der Waals surface area contributed by atoms with Crippen LogP contribution < -0.4 is 30.5 Å². The van der Waals surface area contributed by atoms with Gasteiger partial charge in [-0.1, -0.05) is 0 Å². The number of nitrogens with one attached hydrogen (secondary N) is 3. The zero-order chi connectivity index (χ0) is 35.2. The van der Waals surface area contributed by atoms with E-state index in [4.69, 9.17) is 4.74 Å². The molecule has 3 amide bonds. The first-order chi connectivity index (χ1) is 22.6. The van der Waals surface area contributed by atoms with Gasteiger partial charge in [0.05, 0.1) is 12.8 Å². The predicted octanol–water partition coefficient (Wildman–Crippen LogP) is 4.19. The summed E-state index contributed by atoms with van der Waals surface area (Å²) in [6.07, 6.45) is -3.25. The number of hydrogen-bond acceptors (Lipinski definition) is 9. The van der Waals surface area contributed by atoms with Crippen LogP contribution in [0.2, 0.25) is 0 Å². The molecule has 2 atom stereocenters. The number of nitrogens with zero attached hydrogens (tertiary/aromatic N) is 5. The number of piperidine rings is 1. The molecule has 1 aromatic heterocycles. The topological polar surface area (TPSA) is 132 Å².